The van der Waals surface area contributed by atoms with E-state index in [1.165, 1.54) is 6.42 Å². The summed E-state index contributed by atoms with van der Waals surface area (Å²) in [6, 6.07) is 4.18. The van der Waals surface area contributed by atoms with Crippen LogP contribution in [0.1, 0.15) is 6.42 Å². The summed E-state index contributed by atoms with van der Waals surface area (Å²) >= 11 is 0. The molecule has 0 radical (unpaired) electrons. The summed E-state index contributed by atoms with van der Waals surface area (Å²) in [5.41, 5.74) is 0. The van der Waals surface area contributed by atoms with Gasteiger partial charge in [0.2, 0.25) is 0 Å². The third kappa shape index (κ3) is 1.82. The predicted octanol–water partition coefficient (Wildman–Crippen LogP) is 0.0963. The maximum absolute atomic E-state index is 4.31. The largest absolute Gasteiger partial charge is 0.355 e. The van der Waals surface area contributed by atoms with E-state index in [1.807, 2.05) is 0 Å². The molecular formula is C11H17N5. The van der Waals surface area contributed by atoms with Gasteiger partial charge in [0, 0.05) is 39.3 Å². The van der Waals surface area contributed by atoms with Gasteiger partial charge >= 0.3 is 0 Å². The summed E-state index contributed by atoms with van der Waals surface area (Å²) in [5.74, 6) is 2.02. The molecule has 0 spiro atoms. The topological polar surface area (TPSA) is 44.3 Å². The van der Waals surface area contributed by atoms with E-state index >= 15 is 0 Å². The van der Waals surface area contributed by atoms with Crippen molar-refractivity contribution in [2.45, 2.75) is 6.42 Å². The molecule has 86 valence electrons. The third-order valence-electron chi connectivity index (χ3n) is 3.26. The molecule has 0 atom stereocenters. The number of rotatable bonds is 2. The van der Waals surface area contributed by atoms with Gasteiger partial charge < -0.3 is 15.1 Å². The molecule has 5 nitrogen and oxygen atoms in total. The lowest BCUT2D eigenvalue weighted by molar-refractivity contribution is 0.579. The molecule has 16 heavy (non-hydrogen) atoms. The lowest BCUT2D eigenvalue weighted by Gasteiger charge is -2.32. The second kappa shape index (κ2) is 4.25. The first-order valence-electron chi connectivity index (χ1n) is 5.98. The van der Waals surface area contributed by atoms with Crippen LogP contribution >= 0.6 is 0 Å². The van der Waals surface area contributed by atoms with Crippen LogP contribution < -0.4 is 15.1 Å². The number of aromatic nitrogens is 2. The zero-order valence-corrected chi connectivity index (χ0v) is 9.39. The highest BCUT2D eigenvalue weighted by Crippen LogP contribution is 2.19. The number of nitrogens with zero attached hydrogens (tertiary/aromatic N) is 4. The Hall–Kier alpha value is -1.36. The van der Waals surface area contributed by atoms with Gasteiger partial charge in [-0.3, -0.25) is 0 Å². The standard InChI is InChI=1S/C11H17N5/c1-6-15(7-1)10-2-3-11(14-13-10)16-8-4-12-5-9-16/h2-3,12H,1,4-9H2. The average molecular weight is 219 g/mol. The van der Waals surface area contributed by atoms with Gasteiger partial charge in [0.05, 0.1) is 0 Å². The van der Waals surface area contributed by atoms with Gasteiger partial charge in [-0.25, -0.2) is 0 Å². The lowest BCUT2D eigenvalue weighted by Crippen LogP contribution is -2.44. The Morgan fingerprint density at radius 3 is 1.88 bits per heavy atom. The van der Waals surface area contributed by atoms with Crippen molar-refractivity contribution < 1.29 is 0 Å². The van der Waals surface area contributed by atoms with E-state index in [0.29, 0.717) is 0 Å². The van der Waals surface area contributed by atoms with Gasteiger partial charge in [-0.2, -0.15) is 0 Å². The van der Waals surface area contributed by atoms with Gasteiger partial charge in [-0.1, -0.05) is 0 Å². The third-order valence-corrected chi connectivity index (χ3v) is 3.26. The van der Waals surface area contributed by atoms with Crippen LogP contribution in [0.15, 0.2) is 12.1 Å². The number of hydrogen-bond donors (Lipinski definition) is 1. The van der Waals surface area contributed by atoms with E-state index in [0.717, 1.165) is 50.9 Å². The number of anilines is 2. The van der Waals surface area contributed by atoms with Crippen molar-refractivity contribution in [3.05, 3.63) is 12.1 Å². The Bertz CT molecular complexity index is 340. The lowest BCUT2D eigenvalue weighted by atomic mass is 10.2. The predicted molar refractivity (Wildman–Crippen MR) is 63.9 cm³/mol. The van der Waals surface area contributed by atoms with E-state index in [4.69, 9.17) is 0 Å². The van der Waals surface area contributed by atoms with Gasteiger partial charge in [-0.15, -0.1) is 10.2 Å². The number of hydrogen-bond acceptors (Lipinski definition) is 5. The molecule has 2 aliphatic rings. The van der Waals surface area contributed by atoms with Gasteiger partial charge in [0.15, 0.2) is 11.6 Å². The maximum Gasteiger partial charge on any atom is 0.151 e. The van der Waals surface area contributed by atoms with Crippen molar-refractivity contribution in [1.29, 1.82) is 0 Å². The molecule has 3 rings (SSSR count). The molecule has 1 N–H and O–H groups in total. The fraction of sp³-hybridized carbons (Fsp3) is 0.636. The summed E-state index contributed by atoms with van der Waals surface area (Å²) in [7, 11) is 0. The number of nitrogens with one attached hydrogen (secondary N) is 1. The first-order chi connectivity index (χ1) is 7.93. The van der Waals surface area contributed by atoms with Crippen molar-refractivity contribution in [2.24, 2.45) is 0 Å². The van der Waals surface area contributed by atoms with E-state index in [1.54, 1.807) is 0 Å². The molecule has 0 bridgehead atoms. The summed E-state index contributed by atoms with van der Waals surface area (Å²) in [4.78, 5) is 4.54. The fourth-order valence-electron chi connectivity index (χ4n) is 2.09. The smallest absolute Gasteiger partial charge is 0.151 e. The minimum Gasteiger partial charge on any atom is -0.355 e. The summed E-state index contributed by atoms with van der Waals surface area (Å²) in [5, 5.41) is 11.9. The first-order valence-corrected chi connectivity index (χ1v) is 5.98. The summed E-state index contributed by atoms with van der Waals surface area (Å²) < 4.78 is 0. The Morgan fingerprint density at radius 1 is 0.875 bits per heavy atom. The van der Waals surface area contributed by atoms with Crippen LogP contribution in [0.2, 0.25) is 0 Å². The van der Waals surface area contributed by atoms with Gasteiger partial charge in [-0.05, 0) is 18.6 Å². The Balaban J connectivity index is 1.70. The SMILES string of the molecule is c1cc(N2CCNCC2)nnc1N1CCC1. The van der Waals surface area contributed by atoms with Crippen LogP contribution in [-0.4, -0.2) is 49.5 Å². The molecule has 2 saturated heterocycles. The quantitative estimate of drug-likeness (QED) is 0.764. The molecule has 2 fully saturated rings. The Kier molecular flexibility index (Phi) is 2.61. The minimum absolute atomic E-state index is 1.01. The van der Waals surface area contributed by atoms with Crippen LogP contribution in [0.4, 0.5) is 11.6 Å². The zero-order chi connectivity index (χ0) is 10.8. The molecule has 5 heteroatoms. The van der Waals surface area contributed by atoms with E-state index in [9.17, 15) is 0 Å². The molecule has 0 aromatic carbocycles. The molecule has 1 aromatic heterocycles. The highest BCUT2D eigenvalue weighted by molar-refractivity contribution is 5.46. The van der Waals surface area contributed by atoms with Crippen LogP contribution in [0, 0.1) is 0 Å². The van der Waals surface area contributed by atoms with Crippen molar-refractivity contribution in [3.63, 3.8) is 0 Å². The van der Waals surface area contributed by atoms with E-state index in [-0.39, 0.29) is 0 Å². The Labute approximate surface area is 95.5 Å². The first kappa shape index (κ1) is 9.84. The van der Waals surface area contributed by atoms with Crippen molar-refractivity contribution in [3.8, 4) is 0 Å². The maximum atomic E-state index is 4.31. The molecule has 0 saturated carbocycles. The monoisotopic (exact) mass is 219 g/mol. The average Bonchev–Trinajstić information content (AvgIpc) is 2.29. The van der Waals surface area contributed by atoms with Gasteiger partial charge in [0.25, 0.3) is 0 Å². The highest BCUT2D eigenvalue weighted by atomic mass is 15.3. The van der Waals surface area contributed by atoms with Gasteiger partial charge in [0.1, 0.15) is 0 Å². The van der Waals surface area contributed by atoms with Crippen LogP contribution in [-0.2, 0) is 0 Å². The van der Waals surface area contributed by atoms with E-state index < -0.39 is 0 Å². The number of piperazine rings is 1. The van der Waals surface area contributed by atoms with Crippen molar-refractivity contribution in [2.75, 3.05) is 49.1 Å². The normalized spacial score (nSPS) is 20.8. The van der Waals surface area contributed by atoms with Crippen molar-refractivity contribution >= 4 is 11.6 Å². The molecule has 3 heterocycles. The van der Waals surface area contributed by atoms with Crippen LogP contribution in [0.3, 0.4) is 0 Å². The van der Waals surface area contributed by atoms with Crippen LogP contribution in [0.25, 0.3) is 0 Å². The minimum atomic E-state index is 1.01. The molecular weight excluding hydrogens is 202 g/mol. The second-order valence-corrected chi connectivity index (χ2v) is 4.33. The molecule has 2 aliphatic heterocycles. The van der Waals surface area contributed by atoms with E-state index in [2.05, 4.69) is 37.4 Å². The fourth-order valence-corrected chi connectivity index (χ4v) is 2.09. The van der Waals surface area contributed by atoms with Crippen molar-refractivity contribution in [1.82, 2.24) is 15.5 Å². The highest BCUT2D eigenvalue weighted by Gasteiger charge is 2.17. The second-order valence-electron chi connectivity index (χ2n) is 4.33. The molecule has 0 aliphatic carbocycles. The Morgan fingerprint density at radius 2 is 1.44 bits per heavy atom. The summed E-state index contributed by atoms with van der Waals surface area (Å²) in [6.07, 6.45) is 1.28. The molecule has 1 aromatic rings. The summed E-state index contributed by atoms with van der Waals surface area (Å²) in [6.45, 7) is 6.38. The zero-order valence-electron chi connectivity index (χ0n) is 9.39. The van der Waals surface area contributed by atoms with Crippen LogP contribution in [0.5, 0.6) is 0 Å². The molecule has 0 unspecified atom stereocenters. The molecule has 0 amide bonds.